The van der Waals surface area contributed by atoms with E-state index in [1.165, 1.54) is 18.9 Å². The number of aliphatic imine (C=N–C) groups is 1. The Bertz CT molecular complexity index is 786. The summed E-state index contributed by atoms with van der Waals surface area (Å²) in [7, 11) is 1.31. The van der Waals surface area contributed by atoms with Crippen molar-refractivity contribution in [2.75, 3.05) is 13.7 Å². The zero-order chi connectivity index (χ0) is 20.7. The standard InChI is InChI=1S/C19H24F3N3O2S/c1-18(2,3)16-24-25(10-11-5-6-11)17(28-16)23-15(26)13-9-12(19(20,21)22)7-8-14(13)27-4/h7-9,11,16,24H,5-6,10H2,1-4H3/b23-17-. The number of carbonyl (C=O) groups is 1. The Kier molecular flexibility index (Phi) is 5.69. The summed E-state index contributed by atoms with van der Waals surface area (Å²) in [6.07, 6.45) is -2.29. The molecule has 1 aromatic carbocycles. The molecule has 0 radical (unpaired) electrons. The number of alkyl halides is 3. The van der Waals surface area contributed by atoms with Gasteiger partial charge in [0.1, 0.15) is 5.75 Å². The van der Waals surface area contributed by atoms with Crippen LogP contribution in [0.1, 0.15) is 49.5 Å². The van der Waals surface area contributed by atoms with Crippen LogP contribution in [-0.2, 0) is 6.18 Å². The lowest BCUT2D eigenvalue weighted by molar-refractivity contribution is -0.137. The second-order valence-corrected chi connectivity index (χ2v) is 9.23. The van der Waals surface area contributed by atoms with Gasteiger partial charge in [0.05, 0.1) is 23.6 Å². The van der Waals surface area contributed by atoms with E-state index in [1.807, 2.05) is 5.01 Å². The maximum atomic E-state index is 13.1. The normalized spacial score (nSPS) is 22.0. The van der Waals surface area contributed by atoms with Gasteiger partial charge in [-0.15, -0.1) is 0 Å². The largest absolute Gasteiger partial charge is 0.496 e. The fourth-order valence-electron chi connectivity index (χ4n) is 2.74. The van der Waals surface area contributed by atoms with Crippen LogP contribution < -0.4 is 10.2 Å². The zero-order valence-electron chi connectivity index (χ0n) is 16.3. The molecular weight excluding hydrogens is 391 g/mol. The van der Waals surface area contributed by atoms with Gasteiger partial charge in [-0.2, -0.15) is 18.2 Å². The number of halogens is 3. The first-order chi connectivity index (χ1) is 13.0. The molecule has 1 unspecified atom stereocenters. The Hall–Kier alpha value is -1.74. The molecule has 1 aromatic rings. The monoisotopic (exact) mass is 415 g/mol. The zero-order valence-corrected chi connectivity index (χ0v) is 17.1. The molecule has 1 aliphatic carbocycles. The number of nitrogens with one attached hydrogen (secondary N) is 1. The van der Waals surface area contributed by atoms with Crippen molar-refractivity contribution >= 4 is 22.8 Å². The highest BCUT2D eigenvalue weighted by Crippen LogP contribution is 2.38. The van der Waals surface area contributed by atoms with E-state index in [1.54, 1.807) is 0 Å². The van der Waals surface area contributed by atoms with Crippen molar-refractivity contribution in [1.82, 2.24) is 10.4 Å². The van der Waals surface area contributed by atoms with Crippen LogP contribution in [0.3, 0.4) is 0 Å². The molecule has 1 heterocycles. The fraction of sp³-hybridized carbons (Fsp3) is 0.579. The molecule has 1 aliphatic heterocycles. The number of amides is 1. The van der Waals surface area contributed by atoms with Crippen molar-refractivity contribution in [3.63, 3.8) is 0 Å². The Morgan fingerprint density at radius 2 is 2.00 bits per heavy atom. The summed E-state index contributed by atoms with van der Waals surface area (Å²) in [5.41, 5.74) is 2.19. The van der Waals surface area contributed by atoms with Crippen LogP contribution in [0.15, 0.2) is 23.2 Å². The average molecular weight is 415 g/mol. The summed E-state index contributed by atoms with van der Waals surface area (Å²) in [4.78, 5) is 16.9. The van der Waals surface area contributed by atoms with Crippen LogP contribution >= 0.6 is 11.8 Å². The predicted octanol–water partition coefficient (Wildman–Crippen LogP) is 4.55. The third-order valence-corrected chi connectivity index (χ3v) is 6.18. The number of rotatable bonds is 4. The van der Waals surface area contributed by atoms with Crippen LogP contribution in [0, 0.1) is 11.3 Å². The van der Waals surface area contributed by atoms with Gasteiger partial charge in [-0.3, -0.25) is 9.80 Å². The minimum Gasteiger partial charge on any atom is -0.496 e. The minimum absolute atomic E-state index is 0.0150. The Labute approximate surface area is 166 Å². The molecule has 0 bridgehead atoms. The minimum atomic E-state index is -4.55. The summed E-state index contributed by atoms with van der Waals surface area (Å²) >= 11 is 1.42. The van der Waals surface area contributed by atoms with E-state index in [2.05, 4.69) is 31.2 Å². The van der Waals surface area contributed by atoms with Gasteiger partial charge >= 0.3 is 6.18 Å². The molecule has 9 heteroatoms. The SMILES string of the molecule is COc1ccc(C(F)(F)F)cc1C(=O)/N=C1\SC(C(C)(C)C)NN1CC1CC1. The van der Waals surface area contributed by atoms with Crippen LogP contribution in [0.4, 0.5) is 13.2 Å². The lowest BCUT2D eigenvalue weighted by Gasteiger charge is -2.26. The average Bonchev–Trinajstić information content (AvgIpc) is 3.32. The molecule has 1 saturated carbocycles. The van der Waals surface area contributed by atoms with E-state index in [9.17, 15) is 18.0 Å². The second-order valence-electron chi connectivity index (χ2n) is 8.16. The van der Waals surface area contributed by atoms with E-state index >= 15 is 0 Å². The Morgan fingerprint density at radius 3 is 2.54 bits per heavy atom. The lowest BCUT2D eigenvalue weighted by Crippen LogP contribution is -2.43. The highest BCUT2D eigenvalue weighted by Gasteiger charge is 2.39. The molecule has 1 amide bonds. The molecule has 1 N–H and O–H groups in total. The number of hydrazine groups is 1. The van der Waals surface area contributed by atoms with Crippen molar-refractivity contribution in [2.24, 2.45) is 16.3 Å². The third-order valence-electron chi connectivity index (χ3n) is 4.61. The van der Waals surface area contributed by atoms with Crippen molar-refractivity contribution in [2.45, 2.75) is 45.2 Å². The van der Waals surface area contributed by atoms with Gasteiger partial charge in [0, 0.05) is 6.54 Å². The first-order valence-electron chi connectivity index (χ1n) is 9.07. The highest BCUT2D eigenvalue weighted by molar-refractivity contribution is 8.14. The number of amidine groups is 1. The smallest absolute Gasteiger partial charge is 0.416 e. The van der Waals surface area contributed by atoms with Crippen molar-refractivity contribution in [3.05, 3.63) is 29.3 Å². The molecule has 154 valence electrons. The second kappa shape index (κ2) is 7.59. The predicted molar refractivity (Wildman–Crippen MR) is 103 cm³/mol. The van der Waals surface area contributed by atoms with E-state index in [-0.39, 0.29) is 22.1 Å². The maximum Gasteiger partial charge on any atom is 0.416 e. The number of ether oxygens (including phenoxy) is 1. The van der Waals surface area contributed by atoms with Gasteiger partial charge in [0.25, 0.3) is 5.91 Å². The van der Waals surface area contributed by atoms with Gasteiger partial charge < -0.3 is 4.74 Å². The summed E-state index contributed by atoms with van der Waals surface area (Å²) in [5, 5.41) is 2.36. The van der Waals surface area contributed by atoms with Gasteiger partial charge in [-0.1, -0.05) is 32.5 Å². The molecule has 0 spiro atoms. The quantitative estimate of drug-likeness (QED) is 0.782. The molecule has 5 nitrogen and oxygen atoms in total. The van der Waals surface area contributed by atoms with E-state index in [0.29, 0.717) is 11.1 Å². The van der Waals surface area contributed by atoms with Gasteiger partial charge in [-0.25, -0.2) is 5.43 Å². The maximum absolute atomic E-state index is 13.1. The number of thioether (sulfide) groups is 1. The molecule has 2 fully saturated rings. The van der Waals surface area contributed by atoms with Crippen LogP contribution in [0.2, 0.25) is 0 Å². The molecule has 28 heavy (non-hydrogen) atoms. The van der Waals surface area contributed by atoms with Crippen molar-refractivity contribution < 1.29 is 22.7 Å². The number of hydrogen-bond acceptors (Lipinski definition) is 4. The van der Waals surface area contributed by atoms with E-state index < -0.39 is 17.6 Å². The summed E-state index contributed by atoms with van der Waals surface area (Å²) in [5.74, 6) is -0.128. The van der Waals surface area contributed by atoms with Crippen LogP contribution in [-0.4, -0.2) is 35.1 Å². The fourth-order valence-corrected chi connectivity index (χ4v) is 3.87. The topological polar surface area (TPSA) is 53.9 Å². The van der Waals surface area contributed by atoms with E-state index in [0.717, 1.165) is 37.6 Å². The highest BCUT2D eigenvalue weighted by atomic mass is 32.2. The van der Waals surface area contributed by atoms with Crippen LogP contribution in [0.25, 0.3) is 0 Å². The summed E-state index contributed by atoms with van der Waals surface area (Å²) in [6, 6.07) is 2.84. The van der Waals surface area contributed by atoms with E-state index in [4.69, 9.17) is 4.74 Å². The first kappa shape index (κ1) is 21.0. The summed E-state index contributed by atoms with van der Waals surface area (Å²) in [6.45, 7) is 6.96. The third kappa shape index (κ3) is 4.81. The first-order valence-corrected chi connectivity index (χ1v) is 9.95. The van der Waals surface area contributed by atoms with Crippen LogP contribution in [0.5, 0.6) is 5.75 Å². The summed E-state index contributed by atoms with van der Waals surface area (Å²) < 4.78 is 44.3. The van der Waals surface area contributed by atoms with Gasteiger partial charge in [-0.05, 0) is 42.4 Å². The molecule has 1 atom stereocenters. The lowest BCUT2D eigenvalue weighted by atomic mass is 9.97. The molecule has 1 saturated heterocycles. The number of methoxy groups -OCH3 is 1. The molecule has 3 rings (SSSR count). The molecular formula is C19H24F3N3O2S. The van der Waals surface area contributed by atoms with Gasteiger partial charge in [0.15, 0.2) is 5.17 Å². The number of benzene rings is 1. The number of nitrogens with zero attached hydrogens (tertiary/aromatic N) is 2. The molecule has 2 aliphatic rings. The van der Waals surface area contributed by atoms with Crippen molar-refractivity contribution in [3.8, 4) is 5.75 Å². The number of carbonyl (C=O) groups excluding carboxylic acids is 1. The van der Waals surface area contributed by atoms with Gasteiger partial charge in [0.2, 0.25) is 0 Å². The molecule has 0 aromatic heterocycles. The Morgan fingerprint density at radius 1 is 1.32 bits per heavy atom. The number of hydrogen-bond donors (Lipinski definition) is 1. The van der Waals surface area contributed by atoms with Crippen molar-refractivity contribution in [1.29, 1.82) is 0 Å². The Balaban J connectivity index is 1.91.